The predicted molar refractivity (Wildman–Crippen MR) is 141 cm³/mol. The second-order valence-corrected chi connectivity index (χ2v) is 9.46. The van der Waals surface area contributed by atoms with Crippen molar-refractivity contribution >= 4 is 17.4 Å². The van der Waals surface area contributed by atoms with Gasteiger partial charge in [-0.25, -0.2) is 0 Å². The summed E-state index contributed by atoms with van der Waals surface area (Å²) < 4.78 is 5.96. The molecule has 0 aliphatic carbocycles. The van der Waals surface area contributed by atoms with Crippen LogP contribution in [-0.4, -0.2) is 53.8 Å². The molecule has 6 heteroatoms. The zero-order chi connectivity index (χ0) is 25.8. The molecule has 0 spiro atoms. The second-order valence-electron chi connectivity index (χ2n) is 9.46. The van der Waals surface area contributed by atoms with Gasteiger partial charge < -0.3 is 19.6 Å². The van der Waals surface area contributed by atoms with Crippen LogP contribution in [0.15, 0.2) is 78.4 Å². The van der Waals surface area contributed by atoms with Crippen LogP contribution in [0.4, 0.5) is 0 Å². The largest absolute Gasteiger partial charge is 0.507 e. The average Bonchev–Trinajstić information content (AvgIpc) is 3.11. The van der Waals surface area contributed by atoms with E-state index in [9.17, 15) is 14.7 Å². The molecule has 1 heterocycles. The lowest BCUT2D eigenvalue weighted by atomic mass is 9.94. The number of Topliss-reactive ketones (excluding diaryl/α,β-unsaturated/α-hetero) is 1. The fourth-order valence-corrected chi connectivity index (χ4v) is 4.45. The van der Waals surface area contributed by atoms with E-state index in [-0.39, 0.29) is 11.3 Å². The number of carbonyl (C=O) groups is 2. The molecule has 6 nitrogen and oxygen atoms in total. The Morgan fingerprint density at radius 2 is 1.72 bits per heavy atom. The third-order valence-electron chi connectivity index (χ3n) is 6.37. The zero-order valence-electron chi connectivity index (χ0n) is 21.2. The van der Waals surface area contributed by atoms with E-state index in [2.05, 4.69) is 0 Å². The summed E-state index contributed by atoms with van der Waals surface area (Å²) in [6, 6.07) is 22.2. The highest BCUT2D eigenvalue weighted by molar-refractivity contribution is 6.46. The molecule has 1 aliphatic rings. The van der Waals surface area contributed by atoms with Gasteiger partial charge in [-0.3, -0.25) is 9.59 Å². The van der Waals surface area contributed by atoms with Crippen molar-refractivity contribution in [1.29, 1.82) is 0 Å². The van der Waals surface area contributed by atoms with Gasteiger partial charge in [-0.05, 0) is 62.8 Å². The molecule has 0 bridgehead atoms. The summed E-state index contributed by atoms with van der Waals surface area (Å²) in [6.07, 6.45) is 0. The lowest BCUT2D eigenvalue weighted by Crippen LogP contribution is -2.35. The molecule has 0 aromatic heterocycles. The summed E-state index contributed by atoms with van der Waals surface area (Å²) in [4.78, 5) is 29.8. The third-order valence-corrected chi connectivity index (χ3v) is 6.37. The van der Waals surface area contributed by atoms with E-state index in [1.807, 2.05) is 87.4 Å². The molecular weight excluding hydrogens is 452 g/mol. The van der Waals surface area contributed by atoms with Gasteiger partial charge in [0, 0.05) is 18.7 Å². The number of likely N-dealkylation sites (tertiary alicyclic amines) is 1. The molecule has 0 saturated carbocycles. The lowest BCUT2D eigenvalue weighted by molar-refractivity contribution is -0.140. The van der Waals surface area contributed by atoms with E-state index in [4.69, 9.17) is 4.74 Å². The van der Waals surface area contributed by atoms with Gasteiger partial charge in [0.25, 0.3) is 11.7 Å². The quantitative estimate of drug-likeness (QED) is 0.281. The van der Waals surface area contributed by atoms with E-state index in [0.717, 1.165) is 22.3 Å². The van der Waals surface area contributed by atoms with Crippen LogP contribution in [0.25, 0.3) is 5.76 Å². The van der Waals surface area contributed by atoms with E-state index >= 15 is 0 Å². The van der Waals surface area contributed by atoms with Crippen LogP contribution >= 0.6 is 0 Å². The Kier molecular flexibility index (Phi) is 7.55. The minimum absolute atomic E-state index is 0.113. The molecule has 186 valence electrons. The molecule has 1 fully saturated rings. The summed E-state index contributed by atoms with van der Waals surface area (Å²) >= 11 is 0. The maximum Gasteiger partial charge on any atom is 0.295 e. The summed E-state index contributed by atoms with van der Waals surface area (Å²) in [6.45, 7) is 5.26. The number of likely N-dealkylation sites (N-methyl/N-ethyl adjacent to an activating group) is 1. The molecular formula is C30H32N2O4. The number of hydrogen-bond donors (Lipinski definition) is 1. The highest BCUT2D eigenvalue weighted by Crippen LogP contribution is 2.40. The average molecular weight is 485 g/mol. The van der Waals surface area contributed by atoms with Gasteiger partial charge in [0.15, 0.2) is 0 Å². The van der Waals surface area contributed by atoms with Gasteiger partial charge in [0.05, 0.1) is 11.6 Å². The predicted octanol–water partition coefficient (Wildman–Crippen LogP) is 4.87. The Bertz CT molecular complexity index is 1300. The molecule has 4 rings (SSSR count). The molecule has 3 aromatic carbocycles. The number of nitrogens with zero attached hydrogens (tertiary/aromatic N) is 2. The number of aliphatic hydroxyl groups excluding tert-OH is 1. The normalized spacial score (nSPS) is 17.1. The molecule has 3 aromatic rings. The molecule has 1 atom stereocenters. The van der Waals surface area contributed by atoms with Crippen molar-refractivity contribution in [2.45, 2.75) is 26.5 Å². The van der Waals surface area contributed by atoms with E-state index in [0.29, 0.717) is 31.0 Å². The maximum absolute atomic E-state index is 13.2. The summed E-state index contributed by atoms with van der Waals surface area (Å²) in [5.41, 5.74) is 4.28. The van der Waals surface area contributed by atoms with Gasteiger partial charge in [-0.15, -0.1) is 0 Å². The van der Waals surface area contributed by atoms with Gasteiger partial charge in [-0.1, -0.05) is 60.2 Å². The van der Waals surface area contributed by atoms with Crippen LogP contribution < -0.4 is 4.74 Å². The first kappa shape index (κ1) is 25.2. The van der Waals surface area contributed by atoms with Gasteiger partial charge >= 0.3 is 0 Å². The Balaban J connectivity index is 1.70. The SMILES string of the molecule is Cc1cccc(C2/C(=C(/O)c3ccc(OCc4ccccc4)c(C)c3)C(=O)C(=O)N2CCN(C)C)c1. The number of aryl methyl sites for hydroxylation is 2. The van der Waals surface area contributed by atoms with Crippen molar-refractivity contribution in [2.75, 3.05) is 27.2 Å². The molecule has 1 amide bonds. The van der Waals surface area contributed by atoms with Crippen LogP contribution in [-0.2, 0) is 16.2 Å². The minimum atomic E-state index is -0.667. The first-order valence-electron chi connectivity index (χ1n) is 12.0. The maximum atomic E-state index is 13.2. The van der Waals surface area contributed by atoms with Crippen molar-refractivity contribution in [3.63, 3.8) is 0 Å². The Hall–Kier alpha value is -3.90. The first-order chi connectivity index (χ1) is 17.3. The van der Waals surface area contributed by atoms with Crippen molar-refractivity contribution in [1.82, 2.24) is 9.80 Å². The van der Waals surface area contributed by atoms with Crippen LogP contribution in [0.3, 0.4) is 0 Å². The molecule has 36 heavy (non-hydrogen) atoms. The fourth-order valence-electron chi connectivity index (χ4n) is 4.45. The number of rotatable bonds is 8. The summed E-state index contributed by atoms with van der Waals surface area (Å²) in [5, 5.41) is 11.4. The van der Waals surface area contributed by atoms with Gasteiger partial charge in [-0.2, -0.15) is 0 Å². The van der Waals surface area contributed by atoms with Crippen molar-refractivity contribution in [3.05, 3.63) is 106 Å². The summed E-state index contributed by atoms with van der Waals surface area (Å²) in [7, 11) is 3.84. The summed E-state index contributed by atoms with van der Waals surface area (Å²) in [5.74, 6) is -0.744. The van der Waals surface area contributed by atoms with Crippen LogP contribution in [0, 0.1) is 13.8 Å². The number of carbonyl (C=O) groups excluding carboxylic acids is 2. The van der Waals surface area contributed by atoms with E-state index in [1.54, 1.807) is 23.1 Å². The van der Waals surface area contributed by atoms with Crippen LogP contribution in [0.1, 0.15) is 33.9 Å². The number of amides is 1. The Morgan fingerprint density at radius 1 is 0.972 bits per heavy atom. The highest BCUT2D eigenvalue weighted by Gasteiger charge is 2.45. The topological polar surface area (TPSA) is 70.1 Å². The molecule has 1 unspecified atom stereocenters. The molecule has 0 radical (unpaired) electrons. The lowest BCUT2D eigenvalue weighted by Gasteiger charge is -2.26. The number of ether oxygens (including phenoxy) is 1. The zero-order valence-corrected chi connectivity index (χ0v) is 21.2. The van der Waals surface area contributed by atoms with Crippen molar-refractivity contribution in [3.8, 4) is 5.75 Å². The smallest absolute Gasteiger partial charge is 0.295 e. The Labute approximate surface area is 212 Å². The molecule has 1 N–H and O–H groups in total. The number of aliphatic hydroxyl groups is 1. The Morgan fingerprint density at radius 3 is 2.39 bits per heavy atom. The van der Waals surface area contributed by atoms with Crippen LogP contribution in [0.2, 0.25) is 0 Å². The van der Waals surface area contributed by atoms with Gasteiger partial charge in [0.1, 0.15) is 18.1 Å². The third kappa shape index (κ3) is 5.34. The highest BCUT2D eigenvalue weighted by atomic mass is 16.5. The first-order valence-corrected chi connectivity index (χ1v) is 12.0. The van der Waals surface area contributed by atoms with Crippen molar-refractivity contribution in [2.24, 2.45) is 0 Å². The van der Waals surface area contributed by atoms with Gasteiger partial charge in [0.2, 0.25) is 0 Å². The van der Waals surface area contributed by atoms with Crippen LogP contribution in [0.5, 0.6) is 5.75 Å². The minimum Gasteiger partial charge on any atom is -0.507 e. The second kappa shape index (κ2) is 10.8. The number of benzene rings is 3. The fraction of sp³-hybridized carbons (Fsp3) is 0.267. The monoisotopic (exact) mass is 484 g/mol. The van der Waals surface area contributed by atoms with E-state index in [1.165, 1.54) is 0 Å². The standard InChI is InChI=1S/C30H32N2O4/c1-20-9-8-12-23(17-20)27-26(29(34)30(35)32(27)16-15-31(3)4)28(33)24-13-14-25(21(2)18-24)36-19-22-10-6-5-7-11-22/h5-14,17-18,27,33H,15-16,19H2,1-4H3/b28-26-. The number of ketones is 1. The van der Waals surface area contributed by atoms with E-state index < -0.39 is 17.7 Å². The molecule has 1 aliphatic heterocycles. The number of hydrogen-bond acceptors (Lipinski definition) is 5. The van der Waals surface area contributed by atoms with Crippen molar-refractivity contribution < 1.29 is 19.4 Å². The molecule has 1 saturated heterocycles.